The van der Waals surface area contributed by atoms with Crippen molar-refractivity contribution in [2.75, 3.05) is 19.7 Å². The highest BCUT2D eigenvalue weighted by Crippen LogP contribution is 2.29. The number of rotatable bonds is 2. The van der Waals surface area contributed by atoms with Crippen molar-refractivity contribution in [2.45, 2.75) is 25.5 Å². The van der Waals surface area contributed by atoms with E-state index >= 15 is 0 Å². The van der Waals surface area contributed by atoms with E-state index in [1.807, 2.05) is 20.2 Å². The first-order valence-electron chi connectivity index (χ1n) is 6.10. The van der Waals surface area contributed by atoms with Crippen molar-refractivity contribution in [2.24, 2.45) is 12.8 Å². The van der Waals surface area contributed by atoms with Gasteiger partial charge in [0.05, 0.1) is 25.4 Å². The number of aryl methyl sites for hydroxylation is 1. The maximum atomic E-state index is 11.9. The Morgan fingerprint density at radius 3 is 2.94 bits per heavy atom. The molecule has 0 radical (unpaired) electrons. The number of hydrogen-bond donors (Lipinski definition) is 1. The van der Waals surface area contributed by atoms with Gasteiger partial charge in [0.2, 0.25) is 5.91 Å². The fourth-order valence-corrected chi connectivity index (χ4v) is 2.22. The van der Waals surface area contributed by atoms with Crippen molar-refractivity contribution in [1.82, 2.24) is 14.7 Å². The molecular formula is C12H20N4O2. The summed E-state index contributed by atoms with van der Waals surface area (Å²) >= 11 is 0. The van der Waals surface area contributed by atoms with Gasteiger partial charge in [-0.3, -0.25) is 9.48 Å². The maximum absolute atomic E-state index is 11.9. The first kappa shape index (κ1) is 13.0. The minimum absolute atomic E-state index is 0.0339. The van der Waals surface area contributed by atoms with E-state index in [9.17, 15) is 4.79 Å². The second-order valence-corrected chi connectivity index (χ2v) is 5.03. The summed E-state index contributed by atoms with van der Waals surface area (Å²) < 4.78 is 7.57. The second-order valence-electron chi connectivity index (χ2n) is 5.03. The predicted octanol–water partition coefficient (Wildman–Crippen LogP) is -0.159. The third kappa shape index (κ3) is 2.39. The summed E-state index contributed by atoms with van der Waals surface area (Å²) in [7, 11) is 1.86. The summed E-state index contributed by atoms with van der Waals surface area (Å²) in [5, 5.41) is 4.15. The highest BCUT2D eigenvalue weighted by molar-refractivity contribution is 5.81. The molecule has 1 aromatic heterocycles. The van der Waals surface area contributed by atoms with E-state index in [1.54, 1.807) is 22.7 Å². The standard InChI is InChI=1S/C12H20N4O2/c1-9(13)11(17)16-4-5-18-12(2,8-16)10-6-14-15(3)7-10/h6-7,9H,4-5,8,13H2,1-3H3/t9-,12?/m1/s1. The molecule has 2 heterocycles. The second kappa shape index (κ2) is 4.70. The van der Waals surface area contributed by atoms with Crippen molar-refractivity contribution in [3.8, 4) is 0 Å². The molecule has 0 aromatic carbocycles. The van der Waals surface area contributed by atoms with Gasteiger partial charge in [-0.2, -0.15) is 5.10 Å². The van der Waals surface area contributed by atoms with Crippen LogP contribution in [0.25, 0.3) is 0 Å². The normalized spacial score (nSPS) is 26.1. The first-order valence-corrected chi connectivity index (χ1v) is 6.10. The minimum atomic E-state index is -0.503. The molecule has 6 nitrogen and oxygen atoms in total. The van der Waals surface area contributed by atoms with Gasteiger partial charge < -0.3 is 15.4 Å². The van der Waals surface area contributed by atoms with Crippen LogP contribution in [-0.4, -0.2) is 46.3 Å². The lowest BCUT2D eigenvalue weighted by molar-refractivity contribution is -0.150. The van der Waals surface area contributed by atoms with Crippen LogP contribution in [0.4, 0.5) is 0 Å². The third-order valence-electron chi connectivity index (χ3n) is 3.29. The van der Waals surface area contributed by atoms with Crippen LogP contribution in [0.15, 0.2) is 12.4 Å². The lowest BCUT2D eigenvalue weighted by Crippen LogP contribution is -2.53. The Hall–Kier alpha value is -1.40. The number of morpholine rings is 1. The maximum Gasteiger partial charge on any atom is 0.239 e. The highest BCUT2D eigenvalue weighted by Gasteiger charge is 2.37. The number of amides is 1. The monoisotopic (exact) mass is 252 g/mol. The number of aromatic nitrogens is 2. The predicted molar refractivity (Wildman–Crippen MR) is 66.7 cm³/mol. The van der Waals surface area contributed by atoms with Gasteiger partial charge in [0.15, 0.2) is 0 Å². The number of carbonyl (C=O) groups is 1. The van der Waals surface area contributed by atoms with Crippen molar-refractivity contribution in [1.29, 1.82) is 0 Å². The molecule has 18 heavy (non-hydrogen) atoms. The topological polar surface area (TPSA) is 73.4 Å². The molecule has 1 amide bonds. The Morgan fingerprint density at radius 2 is 2.39 bits per heavy atom. The molecule has 1 saturated heterocycles. The molecule has 0 bridgehead atoms. The van der Waals surface area contributed by atoms with Gasteiger partial charge in [-0.1, -0.05) is 0 Å². The van der Waals surface area contributed by atoms with Crippen molar-refractivity contribution in [3.63, 3.8) is 0 Å². The van der Waals surface area contributed by atoms with E-state index in [0.717, 1.165) is 5.56 Å². The Morgan fingerprint density at radius 1 is 1.67 bits per heavy atom. The van der Waals surface area contributed by atoms with Crippen LogP contribution >= 0.6 is 0 Å². The molecule has 0 aliphatic carbocycles. The van der Waals surface area contributed by atoms with E-state index in [4.69, 9.17) is 10.5 Å². The van der Waals surface area contributed by atoms with E-state index in [-0.39, 0.29) is 5.91 Å². The molecule has 0 spiro atoms. The molecule has 1 unspecified atom stereocenters. The quantitative estimate of drug-likeness (QED) is 0.794. The summed E-state index contributed by atoms with van der Waals surface area (Å²) in [6.07, 6.45) is 3.69. The van der Waals surface area contributed by atoms with Crippen LogP contribution in [0.1, 0.15) is 19.4 Å². The summed E-state index contributed by atoms with van der Waals surface area (Å²) in [6, 6.07) is -0.471. The molecule has 2 atom stereocenters. The van der Waals surface area contributed by atoms with Gasteiger partial charge in [-0.05, 0) is 13.8 Å². The average Bonchev–Trinajstić information content (AvgIpc) is 2.75. The third-order valence-corrected chi connectivity index (χ3v) is 3.29. The van der Waals surface area contributed by atoms with Crippen LogP contribution in [0.2, 0.25) is 0 Å². The molecule has 1 aliphatic rings. The molecule has 100 valence electrons. The zero-order valence-electron chi connectivity index (χ0n) is 11.1. The van der Waals surface area contributed by atoms with Crippen molar-refractivity contribution >= 4 is 5.91 Å². The van der Waals surface area contributed by atoms with E-state index in [0.29, 0.717) is 19.7 Å². The minimum Gasteiger partial charge on any atom is -0.367 e. The summed E-state index contributed by atoms with van der Waals surface area (Å²) in [6.45, 7) is 5.31. The Bertz CT molecular complexity index is 443. The number of ether oxygens (including phenoxy) is 1. The zero-order chi connectivity index (χ0) is 13.3. The van der Waals surface area contributed by atoms with Gasteiger partial charge in [-0.25, -0.2) is 0 Å². The highest BCUT2D eigenvalue weighted by atomic mass is 16.5. The van der Waals surface area contributed by atoms with Gasteiger partial charge >= 0.3 is 0 Å². The zero-order valence-corrected chi connectivity index (χ0v) is 11.1. The molecule has 6 heteroatoms. The van der Waals surface area contributed by atoms with Crippen LogP contribution in [0, 0.1) is 0 Å². The van der Waals surface area contributed by atoms with Gasteiger partial charge in [0, 0.05) is 25.4 Å². The van der Waals surface area contributed by atoms with Crippen LogP contribution in [-0.2, 0) is 22.2 Å². The molecule has 2 N–H and O–H groups in total. The molecular weight excluding hydrogens is 232 g/mol. The van der Waals surface area contributed by atoms with Crippen molar-refractivity contribution in [3.05, 3.63) is 18.0 Å². The number of nitrogens with zero attached hydrogens (tertiary/aromatic N) is 3. The fourth-order valence-electron chi connectivity index (χ4n) is 2.22. The van der Waals surface area contributed by atoms with E-state index in [2.05, 4.69) is 5.10 Å². The Labute approximate surface area is 107 Å². The number of carbonyl (C=O) groups excluding carboxylic acids is 1. The van der Waals surface area contributed by atoms with Crippen LogP contribution in [0.3, 0.4) is 0 Å². The van der Waals surface area contributed by atoms with Gasteiger partial charge in [0.1, 0.15) is 5.60 Å². The Balaban J connectivity index is 2.17. The number of nitrogens with two attached hydrogens (primary N) is 1. The summed E-state index contributed by atoms with van der Waals surface area (Å²) in [5.41, 5.74) is 6.13. The largest absolute Gasteiger partial charge is 0.367 e. The van der Waals surface area contributed by atoms with E-state index < -0.39 is 11.6 Å². The van der Waals surface area contributed by atoms with Crippen molar-refractivity contribution < 1.29 is 9.53 Å². The van der Waals surface area contributed by atoms with E-state index in [1.165, 1.54) is 0 Å². The molecule has 2 rings (SSSR count). The average molecular weight is 252 g/mol. The van der Waals surface area contributed by atoms with Gasteiger partial charge in [0.25, 0.3) is 0 Å². The van der Waals surface area contributed by atoms with Crippen LogP contribution < -0.4 is 5.73 Å². The van der Waals surface area contributed by atoms with Crippen LogP contribution in [0.5, 0.6) is 0 Å². The lowest BCUT2D eigenvalue weighted by Gasteiger charge is -2.40. The Kier molecular flexibility index (Phi) is 3.41. The first-order chi connectivity index (χ1) is 8.42. The molecule has 1 aromatic rings. The molecule has 1 fully saturated rings. The fraction of sp³-hybridized carbons (Fsp3) is 0.667. The smallest absolute Gasteiger partial charge is 0.239 e. The lowest BCUT2D eigenvalue weighted by atomic mass is 9.96. The summed E-state index contributed by atoms with van der Waals surface area (Å²) in [4.78, 5) is 13.7. The number of hydrogen-bond acceptors (Lipinski definition) is 4. The van der Waals surface area contributed by atoms with Gasteiger partial charge in [-0.15, -0.1) is 0 Å². The molecule has 1 aliphatic heterocycles. The SMILES string of the molecule is C[C@@H](N)C(=O)N1CCOC(C)(c2cnn(C)c2)C1. The molecule has 0 saturated carbocycles. The summed E-state index contributed by atoms with van der Waals surface area (Å²) in [5.74, 6) is -0.0339.